The number of aliphatic hydroxyl groups is 1. The average molecular weight is 191 g/mol. The van der Waals surface area contributed by atoms with E-state index in [1.165, 1.54) is 11.8 Å². The maximum atomic E-state index is 10.9. The summed E-state index contributed by atoms with van der Waals surface area (Å²) in [6, 6.07) is 0. The van der Waals surface area contributed by atoms with Crippen molar-refractivity contribution in [3.63, 3.8) is 0 Å². The molecule has 0 saturated heterocycles. The third-order valence-corrected chi connectivity index (χ3v) is 3.99. The molecule has 0 spiro atoms. The molecule has 0 heterocycles. The number of hydrogen-bond acceptors (Lipinski definition) is 3. The van der Waals surface area contributed by atoms with E-state index in [0.29, 0.717) is 6.17 Å². The molecule has 4 nitrogen and oxygen atoms in total. The van der Waals surface area contributed by atoms with Gasteiger partial charge in [-0.25, -0.2) is 0 Å². The molecule has 0 aliphatic heterocycles. The lowest BCUT2D eigenvalue weighted by atomic mass is 10.6. The Morgan fingerprint density at radius 1 is 1.58 bits per heavy atom. The van der Waals surface area contributed by atoms with Crippen LogP contribution in [0.3, 0.4) is 0 Å². The first-order chi connectivity index (χ1) is 5.43. The number of carbonyl (C=O) groups excluding carboxylic acids is 1. The second kappa shape index (κ2) is 4.59. The number of aliphatic hydroxyl groups excluding tert-OH is 1. The second-order valence-electron chi connectivity index (χ2n) is 3.32. The van der Waals surface area contributed by atoms with E-state index in [1.54, 1.807) is 7.11 Å². The van der Waals surface area contributed by atoms with Crippen molar-refractivity contribution >= 4 is 14.2 Å². The summed E-state index contributed by atoms with van der Waals surface area (Å²) in [4.78, 5) is 12.3. The molecule has 0 fully saturated rings. The van der Waals surface area contributed by atoms with Gasteiger partial charge in [-0.1, -0.05) is 0 Å². The summed E-state index contributed by atoms with van der Waals surface area (Å²) < 4.78 is 5.25. The lowest BCUT2D eigenvalue weighted by Gasteiger charge is -2.27. The fraction of sp³-hybridized carbons (Fsp3) is 0.857. The summed E-state index contributed by atoms with van der Waals surface area (Å²) in [6.45, 7) is 5.21. The van der Waals surface area contributed by atoms with Gasteiger partial charge in [0, 0.05) is 20.2 Å². The predicted octanol–water partition coefficient (Wildman–Crippen LogP) is 0.175. The zero-order valence-electron chi connectivity index (χ0n) is 8.13. The SMILES string of the molecule is CO[Si](C)(C)CN(CO)C(C)=O. The topological polar surface area (TPSA) is 49.8 Å². The molecule has 0 bridgehead atoms. The van der Waals surface area contributed by atoms with Crippen LogP contribution in [0.25, 0.3) is 0 Å². The molecule has 0 aromatic heterocycles. The van der Waals surface area contributed by atoms with E-state index in [4.69, 9.17) is 9.53 Å². The maximum absolute atomic E-state index is 10.9. The van der Waals surface area contributed by atoms with Crippen LogP contribution in [0, 0.1) is 0 Å². The van der Waals surface area contributed by atoms with Crippen LogP contribution in [-0.4, -0.2) is 44.2 Å². The van der Waals surface area contributed by atoms with Gasteiger partial charge in [-0.2, -0.15) is 0 Å². The lowest BCUT2D eigenvalue weighted by molar-refractivity contribution is -0.131. The van der Waals surface area contributed by atoms with Crippen molar-refractivity contribution in [3.8, 4) is 0 Å². The standard InChI is InChI=1S/C7H17NO3Si/c1-7(10)8(5-9)6-12(3,4)11-2/h9H,5-6H2,1-4H3. The Hall–Kier alpha value is -0.393. The molecular weight excluding hydrogens is 174 g/mol. The van der Waals surface area contributed by atoms with Crippen molar-refractivity contribution in [1.29, 1.82) is 0 Å². The number of amides is 1. The minimum atomic E-state index is -1.78. The number of rotatable bonds is 4. The van der Waals surface area contributed by atoms with Gasteiger partial charge in [0.05, 0.1) is 0 Å². The largest absolute Gasteiger partial charge is 0.419 e. The van der Waals surface area contributed by atoms with Crippen LogP contribution >= 0.6 is 0 Å². The van der Waals surface area contributed by atoms with E-state index in [2.05, 4.69) is 0 Å². The van der Waals surface area contributed by atoms with Gasteiger partial charge in [0.15, 0.2) is 0 Å². The van der Waals surface area contributed by atoms with Crippen LogP contribution in [-0.2, 0) is 9.22 Å². The zero-order chi connectivity index (χ0) is 9.78. The van der Waals surface area contributed by atoms with E-state index >= 15 is 0 Å². The van der Waals surface area contributed by atoms with Gasteiger partial charge in [-0.3, -0.25) is 4.79 Å². The van der Waals surface area contributed by atoms with Crippen molar-refractivity contribution in [2.45, 2.75) is 20.0 Å². The van der Waals surface area contributed by atoms with Crippen LogP contribution in [0.1, 0.15) is 6.92 Å². The third kappa shape index (κ3) is 3.84. The Labute approximate surface area is 74.3 Å². The Balaban J connectivity index is 4.11. The normalized spacial score (nSPS) is 11.4. The van der Waals surface area contributed by atoms with E-state index in [1.807, 2.05) is 13.1 Å². The van der Waals surface area contributed by atoms with Crippen LogP contribution in [0.5, 0.6) is 0 Å². The summed E-state index contributed by atoms with van der Waals surface area (Å²) in [6.07, 6.45) is 0.537. The minimum absolute atomic E-state index is 0.116. The van der Waals surface area contributed by atoms with Crippen LogP contribution < -0.4 is 0 Å². The van der Waals surface area contributed by atoms with Crippen LogP contribution in [0.15, 0.2) is 0 Å². The molecule has 1 amide bonds. The van der Waals surface area contributed by atoms with E-state index in [0.717, 1.165) is 0 Å². The van der Waals surface area contributed by atoms with Crippen LogP contribution in [0.4, 0.5) is 0 Å². The fourth-order valence-electron chi connectivity index (χ4n) is 0.785. The monoisotopic (exact) mass is 191 g/mol. The first kappa shape index (κ1) is 11.6. The number of carbonyl (C=O) groups is 1. The molecular formula is C7H17NO3Si. The highest BCUT2D eigenvalue weighted by Gasteiger charge is 2.25. The lowest BCUT2D eigenvalue weighted by Crippen LogP contribution is -2.46. The molecule has 0 aromatic rings. The minimum Gasteiger partial charge on any atom is -0.419 e. The van der Waals surface area contributed by atoms with Gasteiger partial charge in [0.1, 0.15) is 6.73 Å². The first-order valence-corrected chi connectivity index (χ1v) is 6.96. The molecule has 5 heteroatoms. The highest BCUT2D eigenvalue weighted by Crippen LogP contribution is 2.05. The Kier molecular flexibility index (Phi) is 4.44. The zero-order valence-corrected chi connectivity index (χ0v) is 9.13. The Bertz CT molecular complexity index is 161. The fourth-order valence-corrected chi connectivity index (χ4v) is 2.16. The van der Waals surface area contributed by atoms with Gasteiger partial charge in [0.2, 0.25) is 14.2 Å². The molecule has 0 atom stereocenters. The smallest absolute Gasteiger partial charge is 0.221 e. The molecule has 0 rings (SSSR count). The summed E-state index contributed by atoms with van der Waals surface area (Å²) in [5.41, 5.74) is 0. The number of nitrogens with zero attached hydrogens (tertiary/aromatic N) is 1. The van der Waals surface area contributed by atoms with Gasteiger partial charge < -0.3 is 14.4 Å². The highest BCUT2D eigenvalue weighted by molar-refractivity contribution is 6.71. The Morgan fingerprint density at radius 3 is 2.33 bits per heavy atom. The van der Waals surface area contributed by atoms with Gasteiger partial charge in [-0.05, 0) is 13.1 Å². The predicted molar refractivity (Wildman–Crippen MR) is 49.0 cm³/mol. The van der Waals surface area contributed by atoms with Gasteiger partial charge >= 0.3 is 0 Å². The molecule has 0 saturated carbocycles. The van der Waals surface area contributed by atoms with Crippen molar-refractivity contribution in [3.05, 3.63) is 0 Å². The summed E-state index contributed by atoms with van der Waals surface area (Å²) in [5.74, 6) is -0.116. The first-order valence-electron chi connectivity index (χ1n) is 3.84. The molecule has 0 aromatic carbocycles. The molecule has 0 unspecified atom stereocenters. The number of hydrogen-bond donors (Lipinski definition) is 1. The molecule has 72 valence electrons. The van der Waals surface area contributed by atoms with E-state index < -0.39 is 8.32 Å². The van der Waals surface area contributed by atoms with Crippen molar-refractivity contribution in [2.24, 2.45) is 0 Å². The third-order valence-electron chi connectivity index (χ3n) is 1.74. The van der Waals surface area contributed by atoms with Crippen LogP contribution in [0.2, 0.25) is 13.1 Å². The van der Waals surface area contributed by atoms with Gasteiger partial charge in [0.25, 0.3) is 0 Å². The quantitative estimate of drug-likeness (QED) is 0.509. The molecule has 0 aliphatic rings. The van der Waals surface area contributed by atoms with Crippen molar-refractivity contribution in [2.75, 3.05) is 20.0 Å². The highest BCUT2D eigenvalue weighted by atomic mass is 28.4. The molecule has 12 heavy (non-hydrogen) atoms. The van der Waals surface area contributed by atoms with Crippen molar-refractivity contribution in [1.82, 2.24) is 4.90 Å². The van der Waals surface area contributed by atoms with E-state index in [-0.39, 0.29) is 12.6 Å². The van der Waals surface area contributed by atoms with Gasteiger partial charge in [-0.15, -0.1) is 0 Å². The molecule has 0 aliphatic carbocycles. The summed E-state index contributed by atoms with van der Waals surface area (Å²) in [5, 5.41) is 8.83. The maximum Gasteiger partial charge on any atom is 0.221 e. The van der Waals surface area contributed by atoms with Crippen molar-refractivity contribution < 1.29 is 14.3 Å². The summed E-state index contributed by atoms with van der Waals surface area (Å²) >= 11 is 0. The average Bonchev–Trinajstić information content (AvgIpc) is 2.00. The van der Waals surface area contributed by atoms with E-state index in [9.17, 15) is 4.79 Å². The second-order valence-corrected chi connectivity index (χ2v) is 7.57. The Morgan fingerprint density at radius 2 is 2.08 bits per heavy atom. The molecule has 0 radical (unpaired) electrons. The summed E-state index contributed by atoms with van der Waals surface area (Å²) in [7, 11) is -0.138. The molecule has 1 N–H and O–H groups in total.